The van der Waals surface area contributed by atoms with Crippen LogP contribution in [0.1, 0.15) is 20.9 Å². The summed E-state index contributed by atoms with van der Waals surface area (Å²) in [4.78, 5) is 25.6. The molecule has 2 rings (SSSR count). The molecule has 0 amide bonds. The van der Waals surface area contributed by atoms with Crippen molar-refractivity contribution >= 4 is 34.8 Å². The Kier molecular flexibility index (Phi) is 4.24. The first-order chi connectivity index (χ1) is 9.79. The van der Waals surface area contributed by atoms with Gasteiger partial charge in [-0.3, -0.25) is 10.1 Å². The molecule has 2 aromatic rings. The summed E-state index contributed by atoms with van der Waals surface area (Å²) in [6.07, 6.45) is 0. The van der Waals surface area contributed by atoms with Gasteiger partial charge in [0, 0.05) is 0 Å². The standard InChI is InChI=1S/C12H9FN2O4S2/c1-5-3-9(8(15(18)19)4-7(5)13)20-12-14-6(2)10(21-12)11(16)17/h3-4H,1-2H3,(H,16,17). The number of halogens is 1. The van der Waals surface area contributed by atoms with E-state index in [1.807, 2.05) is 0 Å². The maximum atomic E-state index is 13.4. The van der Waals surface area contributed by atoms with Gasteiger partial charge in [-0.25, -0.2) is 14.2 Å². The van der Waals surface area contributed by atoms with Crippen LogP contribution in [0, 0.1) is 29.8 Å². The molecular weight excluding hydrogens is 319 g/mol. The highest BCUT2D eigenvalue weighted by atomic mass is 32.2. The lowest BCUT2D eigenvalue weighted by Crippen LogP contribution is -1.94. The Labute approximate surface area is 126 Å². The van der Waals surface area contributed by atoms with Crippen LogP contribution in [0.25, 0.3) is 0 Å². The van der Waals surface area contributed by atoms with E-state index in [4.69, 9.17) is 5.11 Å². The lowest BCUT2D eigenvalue weighted by molar-refractivity contribution is -0.387. The molecule has 0 unspecified atom stereocenters. The van der Waals surface area contributed by atoms with Crippen molar-refractivity contribution in [2.45, 2.75) is 23.1 Å². The van der Waals surface area contributed by atoms with Crippen LogP contribution in [0.2, 0.25) is 0 Å². The van der Waals surface area contributed by atoms with Gasteiger partial charge in [-0.2, -0.15) is 0 Å². The first kappa shape index (κ1) is 15.4. The number of aromatic carboxylic acids is 1. The zero-order valence-corrected chi connectivity index (χ0v) is 12.5. The van der Waals surface area contributed by atoms with Gasteiger partial charge in [0.05, 0.1) is 21.6 Å². The van der Waals surface area contributed by atoms with E-state index in [-0.39, 0.29) is 21.0 Å². The van der Waals surface area contributed by atoms with Gasteiger partial charge in [0.1, 0.15) is 10.7 Å². The van der Waals surface area contributed by atoms with Crippen molar-refractivity contribution in [3.05, 3.63) is 44.2 Å². The quantitative estimate of drug-likeness (QED) is 0.680. The fourth-order valence-electron chi connectivity index (χ4n) is 1.58. The number of nitro groups is 1. The number of aryl methyl sites for hydroxylation is 2. The first-order valence-electron chi connectivity index (χ1n) is 5.62. The third-order valence-electron chi connectivity index (χ3n) is 2.61. The number of hydrogen-bond donors (Lipinski definition) is 1. The molecule has 0 aliphatic rings. The van der Waals surface area contributed by atoms with Gasteiger partial charge < -0.3 is 5.11 Å². The van der Waals surface area contributed by atoms with Crippen molar-refractivity contribution in [2.24, 2.45) is 0 Å². The highest BCUT2D eigenvalue weighted by Crippen LogP contribution is 2.38. The molecule has 9 heteroatoms. The smallest absolute Gasteiger partial charge is 0.347 e. The van der Waals surface area contributed by atoms with E-state index < -0.39 is 16.7 Å². The number of benzene rings is 1. The Hall–Kier alpha value is -2.00. The summed E-state index contributed by atoms with van der Waals surface area (Å²) in [6, 6.07) is 2.21. The topological polar surface area (TPSA) is 93.3 Å². The second-order valence-electron chi connectivity index (χ2n) is 4.13. The van der Waals surface area contributed by atoms with Gasteiger partial charge in [0.25, 0.3) is 5.69 Å². The van der Waals surface area contributed by atoms with E-state index in [1.165, 1.54) is 13.0 Å². The minimum atomic E-state index is -1.10. The van der Waals surface area contributed by atoms with Gasteiger partial charge in [-0.05, 0) is 25.5 Å². The number of hydrogen-bond acceptors (Lipinski definition) is 6. The van der Waals surface area contributed by atoms with E-state index in [2.05, 4.69) is 4.98 Å². The number of nitrogens with zero attached hydrogens (tertiary/aromatic N) is 2. The van der Waals surface area contributed by atoms with Crippen molar-refractivity contribution in [1.82, 2.24) is 4.98 Å². The molecule has 0 fully saturated rings. The third-order valence-corrected chi connectivity index (χ3v) is 4.86. The summed E-state index contributed by atoms with van der Waals surface area (Å²) in [5, 5.41) is 19.9. The Morgan fingerprint density at radius 3 is 2.67 bits per heavy atom. The summed E-state index contributed by atoms with van der Waals surface area (Å²) in [5.74, 6) is -1.76. The maximum absolute atomic E-state index is 13.4. The number of nitro benzene ring substituents is 1. The van der Waals surface area contributed by atoms with Gasteiger partial charge in [0.15, 0.2) is 4.34 Å². The molecule has 0 aliphatic carbocycles. The van der Waals surface area contributed by atoms with Crippen LogP contribution in [-0.4, -0.2) is 21.0 Å². The number of carbonyl (C=O) groups is 1. The van der Waals surface area contributed by atoms with Crippen LogP contribution >= 0.6 is 23.1 Å². The SMILES string of the molecule is Cc1cc(Sc2nc(C)c(C(=O)O)s2)c([N+](=O)[O-])cc1F. The maximum Gasteiger partial charge on any atom is 0.347 e. The molecule has 0 bridgehead atoms. The summed E-state index contributed by atoms with van der Waals surface area (Å²) in [5.41, 5.74) is 0.249. The fraction of sp³-hybridized carbons (Fsp3) is 0.167. The fourth-order valence-corrected chi connectivity index (χ4v) is 3.75. The number of aromatic nitrogens is 1. The van der Waals surface area contributed by atoms with Crippen LogP contribution in [-0.2, 0) is 0 Å². The molecular formula is C12H9FN2O4S2. The minimum absolute atomic E-state index is 0.0824. The van der Waals surface area contributed by atoms with Gasteiger partial charge in [0.2, 0.25) is 0 Å². The zero-order chi connectivity index (χ0) is 15.7. The largest absolute Gasteiger partial charge is 0.477 e. The van der Waals surface area contributed by atoms with Crippen LogP contribution < -0.4 is 0 Å². The second kappa shape index (κ2) is 5.78. The molecule has 1 aromatic carbocycles. The molecule has 21 heavy (non-hydrogen) atoms. The molecule has 0 saturated heterocycles. The average Bonchev–Trinajstić information content (AvgIpc) is 2.74. The van der Waals surface area contributed by atoms with Crippen molar-refractivity contribution in [2.75, 3.05) is 0 Å². The molecule has 0 radical (unpaired) electrons. The van der Waals surface area contributed by atoms with Crippen molar-refractivity contribution < 1.29 is 19.2 Å². The number of carboxylic acids is 1. The van der Waals surface area contributed by atoms with Crippen LogP contribution in [0.3, 0.4) is 0 Å². The van der Waals surface area contributed by atoms with Gasteiger partial charge >= 0.3 is 5.97 Å². The number of carboxylic acid groups (broad SMARTS) is 1. The monoisotopic (exact) mass is 328 g/mol. The minimum Gasteiger partial charge on any atom is -0.477 e. The lowest BCUT2D eigenvalue weighted by Gasteiger charge is -2.03. The number of thiazole rings is 1. The predicted octanol–water partition coefficient (Wildman–Crippen LogP) is 3.66. The van der Waals surface area contributed by atoms with Crippen molar-refractivity contribution in [1.29, 1.82) is 0 Å². The summed E-state index contributed by atoms with van der Waals surface area (Å²) >= 11 is 1.88. The van der Waals surface area contributed by atoms with Crippen molar-refractivity contribution in [3.8, 4) is 0 Å². The highest BCUT2D eigenvalue weighted by Gasteiger charge is 2.21. The Balaban J connectivity index is 2.44. The molecule has 0 atom stereocenters. The van der Waals surface area contributed by atoms with E-state index in [1.54, 1.807) is 6.92 Å². The van der Waals surface area contributed by atoms with Crippen LogP contribution in [0.15, 0.2) is 21.4 Å². The predicted molar refractivity (Wildman–Crippen MR) is 75.7 cm³/mol. The molecule has 0 aliphatic heterocycles. The van der Waals surface area contributed by atoms with Crippen molar-refractivity contribution in [3.63, 3.8) is 0 Å². The molecule has 1 N–H and O–H groups in total. The normalized spacial score (nSPS) is 10.6. The summed E-state index contributed by atoms with van der Waals surface area (Å²) in [7, 11) is 0. The van der Waals surface area contributed by atoms with E-state index >= 15 is 0 Å². The molecule has 0 spiro atoms. The number of rotatable bonds is 4. The molecule has 1 heterocycles. The van der Waals surface area contributed by atoms with Crippen LogP contribution in [0.4, 0.5) is 10.1 Å². The molecule has 0 saturated carbocycles. The molecule has 1 aromatic heterocycles. The molecule has 6 nitrogen and oxygen atoms in total. The van der Waals surface area contributed by atoms with E-state index in [0.717, 1.165) is 29.2 Å². The molecule has 110 valence electrons. The average molecular weight is 328 g/mol. The third kappa shape index (κ3) is 3.19. The highest BCUT2D eigenvalue weighted by molar-refractivity contribution is 8.01. The Morgan fingerprint density at radius 1 is 1.48 bits per heavy atom. The Bertz CT molecular complexity index is 745. The second-order valence-corrected chi connectivity index (χ2v) is 6.42. The van der Waals surface area contributed by atoms with E-state index in [9.17, 15) is 19.3 Å². The first-order valence-corrected chi connectivity index (χ1v) is 7.26. The Morgan fingerprint density at radius 2 is 2.14 bits per heavy atom. The lowest BCUT2D eigenvalue weighted by atomic mass is 10.2. The van der Waals surface area contributed by atoms with Gasteiger partial charge in [-0.15, -0.1) is 11.3 Å². The summed E-state index contributed by atoms with van der Waals surface area (Å²) < 4.78 is 13.8. The zero-order valence-electron chi connectivity index (χ0n) is 10.9. The van der Waals surface area contributed by atoms with Gasteiger partial charge in [-0.1, -0.05) is 11.8 Å². The van der Waals surface area contributed by atoms with E-state index in [0.29, 0.717) is 10.0 Å². The summed E-state index contributed by atoms with van der Waals surface area (Å²) in [6.45, 7) is 3.05. The van der Waals surface area contributed by atoms with Crippen LogP contribution in [0.5, 0.6) is 0 Å².